The van der Waals surface area contributed by atoms with Crippen molar-refractivity contribution >= 4 is 17.6 Å². The first-order valence-electron chi connectivity index (χ1n) is 9.86. The van der Waals surface area contributed by atoms with E-state index in [4.69, 9.17) is 4.74 Å². The van der Waals surface area contributed by atoms with Crippen LogP contribution in [0.3, 0.4) is 0 Å². The molecule has 31 heavy (non-hydrogen) atoms. The van der Waals surface area contributed by atoms with E-state index in [-0.39, 0.29) is 5.82 Å². The van der Waals surface area contributed by atoms with Crippen LogP contribution in [0.15, 0.2) is 78.9 Å². The quantitative estimate of drug-likeness (QED) is 0.424. The van der Waals surface area contributed by atoms with Gasteiger partial charge in [0.25, 0.3) is 0 Å². The van der Waals surface area contributed by atoms with Gasteiger partial charge in [0, 0.05) is 18.7 Å². The zero-order valence-electron chi connectivity index (χ0n) is 17.0. The standard InChI is InChI=1S/C24H22FN5O/c1-31-21-12-10-17(11-13-21)14-22-28-23(26-16-18-6-3-2-4-7-18)30-24(29-22)27-20-9-5-8-19(25)15-20/h2-13,15H,14,16H2,1H3,(H2,26,27,28,29,30). The first-order valence-corrected chi connectivity index (χ1v) is 9.86. The van der Waals surface area contributed by atoms with Crippen LogP contribution in [0.4, 0.5) is 22.0 Å². The summed E-state index contributed by atoms with van der Waals surface area (Å²) >= 11 is 0. The number of benzene rings is 3. The number of nitrogens with zero attached hydrogens (tertiary/aromatic N) is 3. The molecule has 0 bridgehead atoms. The van der Waals surface area contributed by atoms with Gasteiger partial charge in [-0.25, -0.2) is 4.39 Å². The predicted molar refractivity (Wildman–Crippen MR) is 119 cm³/mol. The van der Waals surface area contributed by atoms with E-state index < -0.39 is 0 Å². The second-order valence-electron chi connectivity index (χ2n) is 6.90. The fraction of sp³-hybridized carbons (Fsp3) is 0.125. The molecule has 0 unspecified atom stereocenters. The van der Waals surface area contributed by atoms with Crippen LogP contribution in [0, 0.1) is 5.82 Å². The highest BCUT2D eigenvalue weighted by molar-refractivity contribution is 5.54. The Bertz CT molecular complexity index is 1140. The number of aromatic nitrogens is 3. The minimum atomic E-state index is -0.333. The molecule has 1 heterocycles. The van der Waals surface area contributed by atoms with Crippen molar-refractivity contribution in [3.8, 4) is 5.75 Å². The van der Waals surface area contributed by atoms with Crippen molar-refractivity contribution in [1.82, 2.24) is 15.0 Å². The van der Waals surface area contributed by atoms with Crippen LogP contribution in [0.5, 0.6) is 5.75 Å². The lowest BCUT2D eigenvalue weighted by atomic mass is 10.1. The third-order valence-electron chi connectivity index (χ3n) is 4.58. The number of halogens is 1. The first-order chi connectivity index (χ1) is 15.2. The average Bonchev–Trinajstić information content (AvgIpc) is 2.79. The maximum Gasteiger partial charge on any atom is 0.232 e. The molecule has 4 rings (SSSR count). The topological polar surface area (TPSA) is 72.0 Å². The van der Waals surface area contributed by atoms with Gasteiger partial charge in [0.1, 0.15) is 17.4 Å². The molecular formula is C24H22FN5O. The van der Waals surface area contributed by atoms with Crippen LogP contribution >= 0.6 is 0 Å². The zero-order valence-corrected chi connectivity index (χ0v) is 17.0. The third kappa shape index (κ3) is 5.76. The van der Waals surface area contributed by atoms with Gasteiger partial charge in [0.15, 0.2) is 0 Å². The number of hydrogen-bond donors (Lipinski definition) is 2. The number of ether oxygens (including phenoxy) is 1. The Labute approximate surface area is 180 Å². The first kappa shape index (κ1) is 20.3. The van der Waals surface area contributed by atoms with Gasteiger partial charge in [-0.1, -0.05) is 48.5 Å². The maximum atomic E-state index is 13.6. The zero-order chi connectivity index (χ0) is 21.5. The molecule has 6 nitrogen and oxygen atoms in total. The van der Waals surface area contributed by atoms with Crippen molar-refractivity contribution in [1.29, 1.82) is 0 Å². The number of nitrogens with one attached hydrogen (secondary N) is 2. The number of rotatable bonds is 8. The number of hydrogen-bond acceptors (Lipinski definition) is 6. The van der Waals surface area contributed by atoms with Gasteiger partial charge in [0.2, 0.25) is 11.9 Å². The summed E-state index contributed by atoms with van der Waals surface area (Å²) in [4.78, 5) is 13.5. The van der Waals surface area contributed by atoms with Gasteiger partial charge in [-0.2, -0.15) is 15.0 Å². The van der Waals surface area contributed by atoms with Gasteiger partial charge in [-0.05, 0) is 41.5 Å². The molecule has 0 saturated carbocycles. The summed E-state index contributed by atoms with van der Waals surface area (Å²) in [7, 11) is 1.63. The highest BCUT2D eigenvalue weighted by atomic mass is 19.1. The van der Waals surface area contributed by atoms with Crippen molar-refractivity contribution in [2.75, 3.05) is 17.7 Å². The Hall–Kier alpha value is -4.00. The molecule has 2 N–H and O–H groups in total. The molecular weight excluding hydrogens is 393 g/mol. The van der Waals surface area contributed by atoms with Gasteiger partial charge >= 0.3 is 0 Å². The Morgan fingerprint density at radius 3 is 2.32 bits per heavy atom. The van der Waals surface area contributed by atoms with Gasteiger partial charge in [0.05, 0.1) is 7.11 Å². The van der Waals surface area contributed by atoms with Crippen molar-refractivity contribution in [2.45, 2.75) is 13.0 Å². The Morgan fingerprint density at radius 2 is 1.58 bits per heavy atom. The molecule has 0 aliphatic carbocycles. The van der Waals surface area contributed by atoms with Crippen LogP contribution in [0.1, 0.15) is 17.0 Å². The lowest BCUT2D eigenvalue weighted by Crippen LogP contribution is -2.10. The van der Waals surface area contributed by atoms with E-state index in [0.717, 1.165) is 16.9 Å². The van der Waals surface area contributed by atoms with E-state index in [2.05, 4.69) is 25.6 Å². The van der Waals surface area contributed by atoms with E-state index in [0.29, 0.717) is 36.4 Å². The van der Waals surface area contributed by atoms with Crippen LogP contribution in [-0.4, -0.2) is 22.1 Å². The molecule has 4 aromatic rings. The van der Waals surface area contributed by atoms with E-state index in [9.17, 15) is 4.39 Å². The minimum Gasteiger partial charge on any atom is -0.497 e. The summed E-state index contributed by atoms with van der Waals surface area (Å²) in [5, 5.41) is 6.31. The van der Waals surface area contributed by atoms with Crippen LogP contribution < -0.4 is 15.4 Å². The van der Waals surface area contributed by atoms with Crippen molar-refractivity contribution in [3.05, 3.63) is 102 Å². The highest BCUT2D eigenvalue weighted by Crippen LogP contribution is 2.18. The SMILES string of the molecule is COc1ccc(Cc2nc(NCc3ccccc3)nc(Nc3cccc(F)c3)n2)cc1. The smallest absolute Gasteiger partial charge is 0.232 e. The summed E-state index contributed by atoms with van der Waals surface area (Å²) in [6.07, 6.45) is 0.518. The summed E-state index contributed by atoms with van der Waals surface area (Å²) in [6.45, 7) is 0.576. The van der Waals surface area contributed by atoms with Crippen LogP contribution in [-0.2, 0) is 13.0 Å². The molecule has 0 fully saturated rings. The summed E-state index contributed by atoms with van der Waals surface area (Å²) < 4.78 is 18.8. The average molecular weight is 415 g/mol. The summed E-state index contributed by atoms with van der Waals surface area (Å²) in [5.41, 5.74) is 2.72. The highest BCUT2D eigenvalue weighted by Gasteiger charge is 2.09. The second kappa shape index (κ2) is 9.67. The van der Waals surface area contributed by atoms with E-state index in [1.54, 1.807) is 19.2 Å². The van der Waals surface area contributed by atoms with E-state index in [1.165, 1.54) is 12.1 Å². The molecule has 0 atom stereocenters. The molecule has 156 valence electrons. The molecule has 0 radical (unpaired) electrons. The molecule has 1 aromatic heterocycles. The van der Waals surface area contributed by atoms with Crippen LogP contribution in [0.25, 0.3) is 0 Å². The summed E-state index contributed by atoms with van der Waals surface area (Å²) in [5.74, 6) is 1.84. The largest absolute Gasteiger partial charge is 0.497 e. The second-order valence-corrected chi connectivity index (χ2v) is 6.90. The Kier molecular flexibility index (Phi) is 6.32. The van der Waals surface area contributed by atoms with Crippen molar-refractivity contribution in [3.63, 3.8) is 0 Å². The molecule has 3 aromatic carbocycles. The molecule has 0 saturated heterocycles. The molecule has 0 aliphatic heterocycles. The Morgan fingerprint density at radius 1 is 0.806 bits per heavy atom. The van der Waals surface area contributed by atoms with Gasteiger partial charge < -0.3 is 15.4 Å². The van der Waals surface area contributed by atoms with E-state index >= 15 is 0 Å². The predicted octanol–water partition coefficient (Wildman–Crippen LogP) is 4.97. The molecule has 0 spiro atoms. The molecule has 7 heteroatoms. The molecule has 0 aliphatic rings. The van der Waals surface area contributed by atoms with Crippen LogP contribution in [0.2, 0.25) is 0 Å². The molecule has 0 amide bonds. The van der Waals surface area contributed by atoms with Crippen molar-refractivity contribution in [2.24, 2.45) is 0 Å². The summed E-state index contributed by atoms with van der Waals surface area (Å²) in [6, 6.07) is 23.9. The monoisotopic (exact) mass is 415 g/mol. The lowest BCUT2D eigenvalue weighted by Gasteiger charge is -2.11. The van der Waals surface area contributed by atoms with Crippen molar-refractivity contribution < 1.29 is 9.13 Å². The minimum absolute atomic E-state index is 0.333. The van der Waals surface area contributed by atoms with E-state index in [1.807, 2.05) is 54.6 Å². The van der Waals surface area contributed by atoms with Gasteiger partial charge in [-0.3, -0.25) is 0 Å². The fourth-order valence-electron chi connectivity index (χ4n) is 3.03. The normalized spacial score (nSPS) is 10.5. The fourth-order valence-corrected chi connectivity index (χ4v) is 3.03. The number of methoxy groups -OCH3 is 1. The number of anilines is 3. The third-order valence-corrected chi connectivity index (χ3v) is 4.58. The maximum absolute atomic E-state index is 13.6. The lowest BCUT2D eigenvalue weighted by molar-refractivity contribution is 0.414. The Balaban J connectivity index is 1.58. The van der Waals surface area contributed by atoms with Gasteiger partial charge in [-0.15, -0.1) is 0 Å².